The number of nitrogens with two attached hydrogens (primary N) is 1. The van der Waals surface area contributed by atoms with Crippen LogP contribution in [0.3, 0.4) is 0 Å². The van der Waals surface area contributed by atoms with Crippen molar-refractivity contribution in [3.05, 3.63) is 29.3 Å². The van der Waals surface area contributed by atoms with Crippen molar-refractivity contribution in [2.24, 2.45) is 5.73 Å². The van der Waals surface area contributed by atoms with Gasteiger partial charge in [-0.2, -0.15) is 0 Å². The monoisotopic (exact) mass is 262 g/mol. The third kappa shape index (κ3) is 3.07. The van der Waals surface area contributed by atoms with Crippen LogP contribution < -0.4 is 11.1 Å². The lowest BCUT2D eigenvalue weighted by molar-refractivity contribution is 0.0606. The van der Waals surface area contributed by atoms with Gasteiger partial charge >= 0.3 is 0 Å². The minimum atomic E-state index is -0.381. The molecule has 0 aliphatic heterocycles. The van der Waals surface area contributed by atoms with Crippen LogP contribution in [0.25, 0.3) is 0 Å². The van der Waals surface area contributed by atoms with Crippen LogP contribution in [0, 0.1) is 6.92 Å². The molecule has 0 heterocycles. The number of anilines is 1. The van der Waals surface area contributed by atoms with Crippen molar-refractivity contribution in [1.29, 1.82) is 0 Å². The van der Waals surface area contributed by atoms with E-state index in [1.165, 1.54) is 12.8 Å². The molecule has 19 heavy (non-hydrogen) atoms. The van der Waals surface area contributed by atoms with Gasteiger partial charge in [0.05, 0.1) is 12.1 Å². The van der Waals surface area contributed by atoms with Gasteiger partial charge in [-0.05, 0) is 37.5 Å². The Balaban J connectivity index is 2.18. The number of hydrogen-bond acceptors (Lipinski definition) is 3. The quantitative estimate of drug-likeness (QED) is 0.876. The standard InChI is InChI=1S/C15H22N2O2/c1-10-11(15(16)18)6-5-8-12(10)17-13-7-3-4-9-14(13)19-2/h5-6,8,13-14,17H,3-4,7,9H2,1-2H3,(H2,16,18). The zero-order chi connectivity index (χ0) is 13.8. The zero-order valence-corrected chi connectivity index (χ0v) is 11.6. The molecule has 0 bridgehead atoms. The Morgan fingerprint density at radius 1 is 1.37 bits per heavy atom. The molecule has 2 atom stereocenters. The topological polar surface area (TPSA) is 64.3 Å². The maximum atomic E-state index is 11.4. The summed E-state index contributed by atoms with van der Waals surface area (Å²) in [5, 5.41) is 3.51. The number of methoxy groups -OCH3 is 1. The van der Waals surface area contributed by atoms with E-state index in [4.69, 9.17) is 10.5 Å². The first-order chi connectivity index (χ1) is 9.13. The van der Waals surface area contributed by atoms with E-state index in [0.29, 0.717) is 11.6 Å². The summed E-state index contributed by atoms with van der Waals surface area (Å²) in [6, 6.07) is 5.92. The van der Waals surface area contributed by atoms with Gasteiger partial charge in [0.25, 0.3) is 0 Å². The van der Waals surface area contributed by atoms with E-state index < -0.39 is 0 Å². The normalized spacial score (nSPS) is 23.1. The Kier molecular flexibility index (Phi) is 4.43. The van der Waals surface area contributed by atoms with Gasteiger partial charge < -0.3 is 15.8 Å². The lowest BCUT2D eigenvalue weighted by atomic mass is 9.91. The Morgan fingerprint density at radius 3 is 2.79 bits per heavy atom. The third-order valence-corrected chi connectivity index (χ3v) is 3.95. The molecule has 0 spiro atoms. The first kappa shape index (κ1) is 13.9. The molecular weight excluding hydrogens is 240 g/mol. The van der Waals surface area contributed by atoms with E-state index in [0.717, 1.165) is 24.1 Å². The maximum absolute atomic E-state index is 11.4. The van der Waals surface area contributed by atoms with Crippen molar-refractivity contribution >= 4 is 11.6 Å². The van der Waals surface area contributed by atoms with Gasteiger partial charge in [-0.25, -0.2) is 0 Å². The van der Waals surface area contributed by atoms with Crippen LogP contribution in [-0.4, -0.2) is 25.2 Å². The number of hydrogen-bond donors (Lipinski definition) is 2. The summed E-state index contributed by atoms with van der Waals surface area (Å²) >= 11 is 0. The Labute approximate surface area is 114 Å². The van der Waals surface area contributed by atoms with E-state index in [-0.39, 0.29) is 12.0 Å². The fourth-order valence-corrected chi connectivity index (χ4v) is 2.80. The van der Waals surface area contributed by atoms with Gasteiger partial charge in [0.15, 0.2) is 0 Å². The molecule has 1 aromatic rings. The molecule has 4 heteroatoms. The molecule has 0 radical (unpaired) electrons. The second-order valence-corrected chi connectivity index (χ2v) is 5.15. The summed E-state index contributed by atoms with van der Waals surface area (Å²) in [5.74, 6) is -0.381. The zero-order valence-electron chi connectivity index (χ0n) is 11.6. The first-order valence-electron chi connectivity index (χ1n) is 6.82. The predicted octanol–water partition coefficient (Wildman–Crippen LogP) is 2.46. The van der Waals surface area contributed by atoms with E-state index in [9.17, 15) is 4.79 Å². The molecule has 1 saturated carbocycles. The summed E-state index contributed by atoms with van der Waals surface area (Å²) < 4.78 is 5.54. The molecule has 1 aliphatic rings. The molecule has 3 N–H and O–H groups in total. The van der Waals surface area contributed by atoms with Crippen molar-refractivity contribution in [2.75, 3.05) is 12.4 Å². The van der Waals surface area contributed by atoms with E-state index in [1.807, 2.05) is 19.1 Å². The molecule has 0 saturated heterocycles. The molecule has 104 valence electrons. The molecule has 1 fully saturated rings. The highest BCUT2D eigenvalue weighted by Gasteiger charge is 2.25. The number of benzene rings is 1. The van der Waals surface area contributed by atoms with Crippen LogP contribution in [0.5, 0.6) is 0 Å². The van der Waals surface area contributed by atoms with E-state index in [1.54, 1.807) is 13.2 Å². The number of rotatable bonds is 4. The van der Waals surface area contributed by atoms with Crippen molar-refractivity contribution in [1.82, 2.24) is 0 Å². The lowest BCUT2D eigenvalue weighted by Gasteiger charge is -2.32. The van der Waals surface area contributed by atoms with Crippen LogP contribution in [0.15, 0.2) is 18.2 Å². The SMILES string of the molecule is COC1CCCCC1Nc1cccc(C(N)=O)c1C. The van der Waals surface area contributed by atoms with Crippen molar-refractivity contribution < 1.29 is 9.53 Å². The number of amides is 1. The second-order valence-electron chi connectivity index (χ2n) is 5.15. The smallest absolute Gasteiger partial charge is 0.249 e. The fourth-order valence-electron chi connectivity index (χ4n) is 2.80. The summed E-state index contributed by atoms with van der Waals surface area (Å²) in [7, 11) is 1.76. The molecule has 0 aromatic heterocycles. The fraction of sp³-hybridized carbons (Fsp3) is 0.533. The largest absolute Gasteiger partial charge is 0.379 e. The van der Waals surface area contributed by atoms with Gasteiger partial charge in [0, 0.05) is 18.4 Å². The molecule has 4 nitrogen and oxygen atoms in total. The van der Waals surface area contributed by atoms with Gasteiger partial charge in [-0.1, -0.05) is 18.9 Å². The molecule has 1 amide bonds. The Bertz CT molecular complexity index is 459. The number of carbonyl (C=O) groups is 1. The number of primary amides is 1. The third-order valence-electron chi connectivity index (χ3n) is 3.95. The Hall–Kier alpha value is -1.55. The predicted molar refractivity (Wildman–Crippen MR) is 76.4 cm³/mol. The molecule has 1 aliphatic carbocycles. The van der Waals surface area contributed by atoms with Gasteiger partial charge in [-0.15, -0.1) is 0 Å². The van der Waals surface area contributed by atoms with Crippen molar-refractivity contribution in [3.63, 3.8) is 0 Å². The van der Waals surface area contributed by atoms with Crippen LogP contribution in [-0.2, 0) is 4.74 Å². The Morgan fingerprint density at radius 2 is 2.11 bits per heavy atom. The highest BCUT2D eigenvalue weighted by Crippen LogP contribution is 2.26. The van der Waals surface area contributed by atoms with Crippen molar-refractivity contribution in [3.8, 4) is 0 Å². The highest BCUT2D eigenvalue weighted by atomic mass is 16.5. The molecule has 2 rings (SSSR count). The van der Waals surface area contributed by atoms with E-state index in [2.05, 4.69) is 5.32 Å². The number of carbonyl (C=O) groups excluding carboxylic acids is 1. The van der Waals surface area contributed by atoms with Gasteiger partial charge in [0.1, 0.15) is 0 Å². The average molecular weight is 262 g/mol. The minimum absolute atomic E-state index is 0.241. The van der Waals surface area contributed by atoms with Crippen LogP contribution in [0.2, 0.25) is 0 Å². The van der Waals surface area contributed by atoms with Crippen LogP contribution in [0.4, 0.5) is 5.69 Å². The summed E-state index contributed by atoms with van der Waals surface area (Å²) in [6.45, 7) is 1.92. The minimum Gasteiger partial charge on any atom is -0.379 e. The van der Waals surface area contributed by atoms with Crippen LogP contribution in [0.1, 0.15) is 41.6 Å². The van der Waals surface area contributed by atoms with Crippen LogP contribution >= 0.6 is 0 Å². The first-order valence-corrected chi connectivity index (χ1v) is 6.82. The van der Waals surface area contributed by atoms with Gasteiger partial charge in [-0.3, -0.25) is 4.79 Å². The molecule has 2 unspecified atom stereocenters. The lowest BCUT2D eigenvalue weighted by Crippen LogP contribution is -2.38. The molecular formula is C15H22N2O2. The maximum Gasteiger partial charge on any atom is 0.249 e. The second kappa shape index (κ2) is 6.06. The highest BCUT2D eigenvalue weighted by molar-refractivity contribution is 5.95. The van der Waals surface area contributed by atoms with Gasteiger partial charge in [0.2, 0.25) is 5.91 Å². The molecule has 1 aromatic carbocycles. The summed E-state index contributed by atoms with van der Waals surface area (Å²) in [4.78, 5) is 11.4. The summed E-state index contributed by atoms with van der Waals surface area (Å²) in [6.07, 6.45) is 4.86. The average Bonchev–Trinajstić information content (AvgIpc) is 2.41. The summed E-state index contributed by atoms with van der Waals surface area (Å²) in [5.41, 5.74) is 7.85. The number of ether oxygens (including phenoxy) is 1. The number of nitrogens with one attached hydrogen (secondary N) is 1. The van der Waals surface area contributed by atoms with E-state index >= 15 is 0 Å². The van der Waals surface area contributed by atoms with Crippen molar-refractivity contribution in [2.45, 2.75) is 44.8 Å².